The third-order valence-corrected chi connectivity index (χ3v) is 8.30. The number of fused-ring (bicyclic) bond motifs is 2. The molecule has 3 atom stereocenters. The number of hydrogen-bond acceptors (Lipinski definition) is 5. The van der Waals surface area contributed by atoms with E-state index in [1.165, 1.54) is 0 Å². The quantitative estimate of drug-likeness (QED) is 0.318. The molecule has 2 aromatic rings. The zero-order valence-corrected chi connectivity index (χ0v) is 17.7. The fourth-order valence-electron chi connectivity index (χ4n) is 4.88. The van der Waals surface area contributed by atoms with Gasteiger partial charge in [-0.05, 0) is 42.5 Å². The van der Waals surface area contributed by atoms with Crippen LogP contribution >= 0.6 is 7.80 Å². The SMILES string of the molecule is CC1(C)C2CCC1(C(=O)Nc1ccc([PH](=O)C(=O)c3ccccc3)cc1)C(=O)C2=O.[KH]. The minimum absolute atomic E-state index is 0. The van der Waals surface area contributed by atoms with Gasteiger partial charge in [0.25, 0.3) is 0 Å². The van der Waals surface area contributed by atoms with E-state index in [-0.39, 0.29) is 51.4 Å². The molecule has 0 radical (unpaired) electrons. The van der Waals surface area contributed by atoms with E-state index in [9.17, 15) is 23.7 Å². The predicted molar refractivity (Wildman–Crippen MR) is 121 cm³/mol. The molecule has 2 aliphatic carbocycles. The number of benzene rings is 2. The number of anilines is 1. The molecule has 2 saturated carbocycles. The summed E-state index contributed by atoms with van der Waals surface area (Å²) in [6.07, 6.45) is 0.895. The van der Waals surface area contributed by atoms with Gasteiger partial charge in [0.1, 0.15) is 5.41 Å². The summed E-state index contributed by atoms with van der Waals surface area (Å²) in [7, 11) is -2.70. The normalized spacial score (nSPS) is 24.4. The Morgan fingerprint density at radius 3 is 2.16 bits per heavy atom. The molecule has 0 heterocycles. The number of amides is 1. The Hall–Kier alpha value is -1.21. The Morgan fingerprint density at radius 1 is 1.00 bits per heavy atom. The van der Waals surface area contributed by atoms with Crippen LogP contribution in [0, 0.1) is 16.7 Å². The maximum absolute atomic E-state index is 13.1. The molecule has 1 amide bonds. The molecular formula is C23H23KNO5P. The third-order valence-electron chi connectivity index (χ3n) is 6.74. The molecule has 6 nitrogen and oxygen atoms in total. The van der Waals surface area contributed by atoms with E-state index < -0.39 is 47.5 Å². The Kier molecular flexibility index (Phi) is 7.07. The second-order valence-corrected chi connectivity index (χ2v) is 10.2. The first-order valence-corrected chi connectivity index (χ1v) is 11.3. The van der Waals surface area contributed by atoms with Gasteiger partial charge in [-0.3, -0.25) is 19.2 Å². The van der Waals surface area contributed by atoms with Gasteiger partial charge in [-0.2, -0.15) is 0 Å². The summed E-state index contributed by atoms with van der Waals surface area (Å²) in [4.78, 5) is 50.3. The van der Waals surface area contributed by atoms with Gasteiger partial charge in [0, 0.05) is 22.5 Å². The molecule has 2 bridgehead atoms. The van der Waals surface area contributed by atoms with Crippen LogP contribution in [0.1, 0.15) is 37.0 Å². The molecule has 0 aliphatic heterocycles. The van der Waals surface area contributed by atoms with Crippen molar-refractivity contribution in [3.05, 3.63) is 60.2 Å². The number of Topliss-reactive ketones (excluding diaryl/α,β-unsaturated/α-hetero) is 2. The molecule has 2 aromatic carbocycles. The average Bonchev–Trinajstić information content (AvgIpc) is 3.10. The van der Waals surface area contributed by atoms with E-state index in [1.54, 1.807) is 68.4 Å². The Bertz CT molecular complexity index is 1100. The van der Waals surface area contributed by atoms with Crippen LogP contribution in [0.2, 0.25) is 0 Å². The molecule has 3 unspecified atom stereocenters. The van der Waals surface area contributed by atoms with Crippen LogP contribution in [0.25, 0.3) is 0 Å². The van der Waals surface area contributed by atoms with Crippen LogP contribution in [0.4, 0.5) is 5.69 Å². The molecule has 0 saturated heterocycles. The van der Waals surface area contributed by atoms with E-state index in [1.807, 2.05) is 0 Å². The van der Waals surface area contributed by atoms with Crippen molar-refractivity contribution < 1.29 is 23.7 Å². The minimum atomic E-state index is -2.70. The second kappa shape index (κ2) is 8.97. The number of nitrogens with one attached hydrogen (secondary N) is 1. The fourth-order valence-corrected chi connectivity index (χ4v) is 6.04. The predicted octanol–water partition coefficient (Wildman–Crippen LogP) is 2.58. The summed E-state index contributed by atoms with van der Waals surface area (Å²) in [5.41, 5.74) is -1.68. The number of ketones is 2. The Labute approximate surface area is 223 Å². The average molecular weight is 464 g/mol. The first-order valence-electron chi connectivity index (χ1n) is 9.84. The second-order valence-electron chi connectivity index (χ2n) is 8.47. The Balaban J connectivity index is 0.00000272. The Morgan fingerprint density at radius 2 is 1.61 bits per heavy atom. The summed E-state index contributed by atoms with van der Waals surface area (Å²) in [5.74, 6) is -1.94. The molecule has 1 N–H and O–H groups in total. The molecule has 0 aromatic heterocycles. The van der Waals surface area contributed by atoms with E-state index in [0.717, 1.165) is 0 Å². The van der Waals surface area contributed by atoms with Crippen LogP contribution in [-0.2, 0) is 18.9 Å². The first-order chi connectivity index (χ1) is 14.2. The monoisotopic (exact) mass is 463 g/mol. The summed E-state index contributed by atoms with van der Waals surface area (Å²) in [6, 6.07) is 14.7. The topological polar surface area (TPSA) is 97.4 Å². The molecule has 0 spiro atoms. The van der Waals surface area contributed by atoms with Gasteiger partial charge in [0.15, 0.2) is 7.80 Å². The van der Waals surface area contributed by atoms with E-state index >= 15 is 0 Å². The van der Waals surface area contributed by atoms with Gasteiger partial charge in [-0.15, -0.1) is 0 Å². The van der Waals surface area contributed by atoms with Crippen molar-refractivity contribution in [2.24, 2.45) is 16.7 Å². The van der Waals surface area contributed by atoms with Gasteiger partial charge in [0.05, 0.1) is 0 Å². The van der Waals surface area contributed by atoms with Crippen molar-refractivity contribution in [3.63, 3.8) is 0 Å². The number of rotatable bonds is 5. The third kappa shape index (κ3) is 3.79. The van der Waals surface area contributed by atoms with E-state index in [4.69, 9.17) is 0 Å². The van der Waals surface area contributed by atoms with Crippen molar-refractivity contribution in [1.82, 2.24) is 0 Å². The number of hydrogen-bond donors (Lipinski definition) is 1. The molecule has 8 heteroatoms. The van der Waals surface area contributed by atoms with Crippen LogP contribution < -0.4 is 10.6 Å². The number of carbonyl (C=O) groups excluding carboxylic acids is 4. The van der Waals surface area contributed by atoms with E-state index in [2.05, 4.69) is 5.32 Å². The summed E-state index contributed by atoms with van der Waals surface area (Å²) < 4.78 is 12.6. The van der Waals surface area contributed by atoms with Crippen LogP contribution in [-0.4, -0.2) is 74.4 Å². The fraction of sp³-hybridized carbons (Fsp3) is 0.304. The molecular weight excluding hydrogens is 440 g/mol. The standard InChI is InChI=1S/C23H22NO5P.K.H/c1-22(2)17-12-13-23(22,19(26)18(17)25)21(28)24-15-8-10-16(11-9-15)30(29)20(27)14-6-4-3-5-7-14;;/h3-11,17,30H,12-13H2,1-2H3,(H,24,28);;. The van der Waals surface area contributed by atoms with Crippen LogP contribution in [0.15, 0.2) is 54.6 Å². The van der Waals surface area contributed by atoms with Gasteiger partial charge >= 0.3 is 51.4 Å². The van der Waals surface area contributed by atoms with Gasteiger partial charge in [0.2, 0.25) is 23.0 Å². The van der Waals surface area contributed by atoms with Gasteiger partial charge < -0.3 is 9.88 Å². The molecule has 156 valence electrons. The molecule has 4 rings (SSSR count). The van der Waals surface area contributed by atoms with Crippen molar-refractivity contribution in [2.75, 3.05) is 5.32 Å². The van der Waals surface area contributed by atoms with Crippen molar-refractivity contribution >= 4 is 93.2 Å². The first kappa shape index (κ1) is 24.4. The van der Waals surface area contributed by atoms with Crippen LogP contribution in [0.5, 0.6) is 0 Å². The van der Waals surface area contributed by atoms with Crippen molar-refractivity contribution in [2.45, 2.75) is 26.7 Å². The number of carbonyl (C=O) groups is 4. The van der Waals surface area contributed by atoms with E-state index in [0.29, 0.717) is 29.4 Å². The zero-order chi connectivity index (χ0) is 21.7. The zero-order valence-electron chi connectivity index (χ0n) is 16.7. The molecule has 31 heavy (non-hydrogen) atoms. The maximum atomic E-state index is 13.1. The summed E-state index contributed by atoms with van der Waals surface area (Å²) in [5, 5.41) is 3.14. The van der Waals surface area contributed by atoms with Crippen molar-refractivity contribution in [3.8, 4) is 0 Å². The molecule has 2 aliphatic rings. The van der Waals surface area contributed by atoms with Gasteiger partial charge in [-0.25, -0.2) is 0 Å². The summed E-state index contributed by atoms with van der Waals surface area (Å²) >= 11 is 0. The van der Waals surface area contributed by atoms with Crippen LogP contribution in [0.3, 0.4) is 0 Å². The van der Waals surface area contributed by atoms with Gasteiger partial charge in [-0.1, -0.05) is 44.2 Å². The molecule has 2 fully saturated rings. The van der Waals surface area contributed by atoms with Crippen molar-refractivity contribution in [1.29, 1.82) is 0 Å². The summed E-state index contributed by atoms with van der Waals surface area (Å²) in [6.45, 7) is 3.61.